The van der Waals surface area contributed by atoms with E-state index in [4.69, 9.17) is 0 Å². The molecule has 2 heterocycles. The van der Waals surface area contributed by atoms with E-state index in [0.717, 1.165) is 11.1 Å². The van der Waals surface area contributed by atoms with Crippen LogP contribution in [-0.2, 0) is 27.6 Å². The molecule has 0 bridgehead atoms. The van der Waals surface area contributed by atoms with Gasteiger partial charge in [-0.1, -0.05) is 24.3 Å². The Morgan fingerprint density at radius 1 is 1.14 bits per heavy atom. The van der Waals surface area contributed by atoms with E-state index < -0.39 is 21.8 Å². The fraction of sp³-hybridized carbons (Fsp3) is 0.533. The van der Waals surface area contributed by atoms with Crippen molar-refractivity contribution in [3.63, 3.8) is 0 Å². The van der Waals surface area contributed by atoms with Gasteiger partial charge in [-0.2, -0.15) is 0 Å². The Morgan fingerprint density at radius 2 is 1.76 bits per heavy atom. The summed E-state index contributed by atoms with van der Waals surface area (Å²) >= 11 is 0. The van der Waals surface area contributed by atoms with Gasteiger partial charge in [0.05, 0.1) is 11.5 Å². The Hall–Kier alpha value is -1.40. The van der Waals surface area contributed by atoms with Gasteiger partial charge in [0.1, 0.15) is 15.9 Å². The summed E-state index contributed by atoms with van der Waals surface area (Å²) in [5, 5.41) is 9.51. The predicted octanol–water partition coefficient (Wildman–Crippen LogP) is 1.08. The molecule has 0 radical (unpaired) electrons. The maximum Gasteiger partial charge on any atom is 0.321 e. The fourth-order valence-electron chi connectivity index (χ4n) is 3.37. The molecule has 6 heteroatoms. The van der Waals surface area contributed by atoms with Crippen molar-refractivity contribution in [2.75, 3.05) is 11.5 Å². The summed E-state index contributed by atoms with van der Waals surface area (Å²) in [6, 6.07) is 7.39. The summed E-state index contributed by atoms with van der Waals surface area (Å²) in [6.45, 7) is 0.595. The molecule has 0 aliphatic carbocycles. The second-order valence-corrected chi connectivity index (χ2v) is 8.19. The summed E-state index contributed by atoms with van der Waals surface area (Å²) < 4.78 is 23.1. The van der Waals surface area contributed by atoms with Gasteiger partial charge in [-0.15, -0.1) is 0 Å². The Morgan fingerprint density at radius 3 is 2.38 bits per heavy atom. The molecule has 0 spiro atoms. The molecule has 0 saturated carbocycles. The number of aliphatic carboxylic acids is 1. The minimum Gasteiger partial charge on any atom is -0.480 e. The van der Waals surface area contributed by atoms with Gasteiger partial charge in [0.2, 0.25) is 0 Å². The van der Waals surface area contributed by atoms with Crippen LogP contribution in [0.15, 0.2) is 24.3 Å². The first kappa shape index (κ1) is 14.5. The standard InChI is InChI=1S/C15H19NO4S/c17-15(18)14-9-11-3-1-2-4-12(11)10-16(14)13-5-7-21(19,20)8-6-13/h1-4,13-14H,5-10H2,(H,17,18). The number of carboxylic acid groups (broad SMARTS) is 1. The third-order valence-electron chi connectivity index (χ3n) is 4.56. The SMILES string of the molecule is O=C(O)C1Cc2ccccc2CN1C1CCS(=O)(=O)CC1. The monoisotopic (exact) mass is 309 g/mol. The number of benzene rings is 1. The zero-order valence-electron chi connectivity index (χ0n) is 11.7. The van der Waals surface area contributed by atoms with Crippen molar-refractivity contribution >= 4 is 15.8 Å². The van der Waals surface area contributed by atoms with Crippen LogP contribution in [0.2, 0.25) is 0 Å². The first-order valence-electron chi connectivity index (χ1n) is 7.22. The molecular formula is C15H19NO4S. The Kier molecular flexibility index (Phi) is 3.75. The third kappa shape index (κ3) is 2.96. The molecule has 1 saturated heterocycles. The molecular weight excluding hydrogens is 290 g/mol. The lowest BCUT2D eigenvalue weighted by Crippen LogP contribution is -2.52. The van der Waals surface area contributed by atoms with Crippen LogP contribution >= 0.6 is 0 Å². The summed E-state index contributed by atoms with van der Waals surface area (Å²) in [6.07, 6.45) is 1.57. The Balaban J connectivity index is 1.85. The number of sulfone groups is 1. The number of rotatable bonds is 2. The van der Waals surface area contributed by atoms with E-state index in [9.17, 15) is 18.3 Å². The van der Waals surface area contributed by atoms with Crippen molar-refractivity contribution in [1.82, 2.24) is 4.90 Å². The molecule has 1 unspecified atom stereocenters. The third-order valence-corrected chi connectivity index (χ3v) is 6.28. The number of carbonyl (C=O) groups is 1. The van der Waals surface area contributed by atoms with Gasteiger partial charge in [0, 0.05) is 12.6 Å². The van der Waals surface area contributed by atoms with Crippen LogP contribution in [0.3, 0.4) is 0 Å². The molecule has 21 heavy (non-hydrogen) atoms. The number of carboxylic acids is 1. The minimum absolute atomic E-state index is 0.0444. The highest BCUT2D eigenvalue weighted by molar-refractivity contribution is 7.91. The molecule has 1 fully saturated rings. The fourth-order valence-corrected chi connectivity index (χ4v) is 4.83. The molecule has 0 amide bonds. The first-order valence-corrected chi connectivity index (χ1v) is 9.04. The summed E-state index contributed by atoms with van der Waals surface area (Å²) in [5.74, 6) is -0.484. The first-order chi connectivity index (χ1) is 9.96. The van der Waals surface area contributed by atoms with Crippen molar-refractivity contribution in [2.45, 2.75) is 37.9 Å². The second-order valence-electron chi connectivity index (χ2n) is 5.88. The van der Waals surface area contributed by atoms with Gasteiger partial charge in [-0.25, -0.2) is 8.42 Å². The number of hydrogen-bond acceptors (Lipinski definition) is 4. The van der Waals surface area contributed by atoms with Crippen LogP contribution in [0.25, 0.3) is 0 Å². The van der Waals surface area contributed by atoms with Gasteiger partial charge in [-0.05, 0) is 30.4 Å². The lowest BCUT2D eigenvalue weighted by atomic mass is 9.91. The lowest BCUT2D eigenvalue weighted by Gasteiger charge is -2.41. The highest BCUT2D eigenvalue weighted by Crippen LogP contribution is 2.29. The summed E-state index contributed by atoms with van der Waals surface area (Å²) in [4.78, 5) is 13.6. The molecule has 114 valence electrons. The largest absolute Gasteiger partial charge is 0.480 e. The number of hydrogen-bond donors (Lipinski definition) is 1. The van der Waals surface area contributed by atoms with Crippen LogP contribution in [0, 0.1) is 0 Å². The number of fused-ring (bicyclic) bond motifs is 1. The zero-order valence-corrected chi connectivity index (χ0v) is 12.6. The van der Waals surface area contributed by atoms with Gasteiger partial charge in [-0.3, -0.25) is 9.69 Å². The summed E-state index contributed by atoms with van der Waals surface area (Å²) in [7, 11) is -2.93. The van der Waals surface area contributed by atoms with E-state index >= 15 is 0 Å². The van der Waals surface area contributed by atoms with Crippen LogP contribution in [0.1, 0.15) is 24.0 Å². The van der Waals surface area contributed by atoms with Gasteiger partial charge in [0.25, 0.3) is 0 Å². The van der Waals surface area contributed by atoms with Crippen LogP contribution in [0.4, 0.5) is 0 Å². The maximum absolute atomic E-state index is 11.6. The quantitative estimate of drug-likeness (QED) is 0.884. The average Bonchev–Trinajstić information content (AvgIpc) is 2.46. The van der Waals surface area contributed by atoms with E-state index in [0.29, 0.717) is 25.8 Å². The normalized spacial score (nSPS) is 26.2. The topological polar surface area (TPSA) is 74.7 Å². The summed E-state index contributed by atoms with van der Waals surface area (Å²) in [5.41, 5.74) is 2.24. The van der Waals surface area contributed by atoms with Crippen molar-refractivity contribution < 1.29 is 18.3 Å². The van der Waals surface area contributed by atoms with E-state index in [-0.39, 0.29) is 17.5 Å². The van der Waals surface area contributed by atoms with Crippen molar-refractivity contribution in [2.24, 2.45) is 0 Å². The molecule has 2 aliphatic heterocycles. The van der Waals surface area contributed by atoms with E-state index in [1.165, 1.54) is 0 Å². The highest BCUT2D eigenvalue weighted by atomic mass is 32.2. The smallest absolute Gasteiger partial charge is 0.321 e. The van der Waals surface area contributed by atoms with Crippen LogP contribution < -0.4 is 0 Å². The lowest BCUT2D eigenvalue weighted by molar-refractivity contribution is -0.145. The molecule has 2 aliphatic rings. The van der Waals surface area contributed by atoms with Gasteiger partial charge < -0.3 is 5.11 Å². The average molecular weight is 309 g/mol. The molecule has 1 atom stereocenters. The second kappa shape index (κ2) is 5.42. The van der Waals surface area contributed by atoms with Gasteiger partial charge in [0.15, 0.2) is 0 Å². The van der Waals surface area contributed by atoms with Gasteiger partial charge >= 0.3 is 5.97 Å². The van der Waals surface area contributed by atoms with Crippen molar-refractivity contribution in [1.29, 1.82) is 0 Å². The van der Waals surface area contributed by atoms with Crippen molar-refractivity contribution in [3.8, 4) is 0 Å². The molecule has 0 aromatic heterocycles. The zero-order chi connectivity index (χ0) is 15.0. The molecule has 5 nitrogen and oxygen atoms in total. The van der Waals surface area contributed by atoms with Crippen molar-refractivity contribution in [3.05, 3.63) is 35.4 Å². The highest BCUT2D eigenvalue weighted by Gasteiger charge is 2.37. The minimum atomic E-state index is -2.93. The predicted molar refractivity (Wildman–Crippen MR) is 78.8 cm³/mol. The van der Waals surface area contributed by atoms with E-state index in [2.05, 4.69) is 0 Å². The Labute approximate surface area is 124 Å². The molecule has 1 aromatic rings. The van der Waals surface area contributed by atoms with E-state index in [1.54, 1.807) is 0 Å². The molecule has 1 N–H and O–H groups in total. The molecule has 1 aromatic carbocycles. The van der Waals surface area contributed by atoms with E-state index in [1.807, 2.05) is 29.2 Å². The van der Waals surface area contributed by atoms with Crippen LogP contribution in [0.5, 0.6) is 0 Å². The maximum atomic E-state index is 11.6. The Bertz CT molecular complexity index is 641. The molecule has 3 rings (SSSR count). The number of nitrogens with zero attached hydrogens (tertiary/aromatic N) is 1. The van der Waals surface area contributed by atoms with Crippen LogP contribution in [-0.4, -0.2) is 48.0 Å².